The van der Waals surface area contributed by atoms with E-state index in [1.54, 1.807) is 39.5 Å². The number of rotatable bonds is 7. The fourth-order valence-electron chi connectivity index (χ4n) is 4.90. The summed E-state index contributed by atoms with van der Waals surface area (Å²) >= 11 is 0. The summed E-state index contributed by atoms with van der Waals surface area (Å²) in [6.07, 6.45) is -0.840. The lowest BCUT2D eigenvalue weighted by Crippen LogP contribution is -2.41. The molecule has 0 aromatic heterocycles. The van der Waals surface area contributed by atoms with Crippen molar-refractivity contribution in [2.75, 3.05) is 39.4 Å². The van der Waals surface area contributed by atoms with Gasteiger partial charge in [0, 0.05) is 44.3 Å². The van der Waals surface area contributed by atoms with Crippen LogP contribution in [-0.4, -0.2) is 96.6 Å². The second-order valence-corrected chi connectivity index (χ2v) is 13.1. The maximum absolute atomic E-state index is 12.4. The van der Waals surface area contributed by atoms with E-state index in [2.05, 4.69) is 5.32 Å². The van der Waals surface area contributed by atoms with Crippen LogP contribution >= 0.6 is 24.8 Å². The number of carbonyl (C=O) groups is 4. The van der Waals surface area contributed by atoms with Gasteiger partial charge in [-0.25, -0.2) is 9.59 Å². The molecule has 0 aliphatic carbocycles. The summed E-state index contributed by atoms with van der Waals surface area (Å²) in [6.45, 7) is 18.4. The van der Waals surface area contributed by atoms with Gasteiger partial charge in [-0.05, 0) is 67.9 Å². The highest BCUT2D eigenvalue weighted by Gasteiger charge is 2.42. The summed E-state index contributed by atoms with van der Waals surface area (Å²) < 4.78 is 20.8. The molecule has 0 unspecified atom stereocenters. The number of amides is 2. The number of nitrogens with zero attached hydrogens (tertiary/aromatic N) is 2. The van der Waals surface area contributed by atoms with Crippen molar-refractivity contribution >= 4 is 48.9 Å². The Bertz CT molecular complexity index is 1110. The number of halogens is 2. The zero-order valence-corrected chi connectivity index (χ0v) is 30.2. The van der Waals surface area contributed by atoms with E-state index in [1.165, 1.54) is 4.90 Å². The SMILES string of the molecule is CCOC(=O)[C@@H]1CN(C(=O)OC(C)(C)C)C[C@@H]1N[C@@H](C)c1ccccc1.CCOC(=O)[C@H]1CN(C(=O)OC(C)(C)C)C[C@@H]1N.Cl.Cl. The molecule has 0 radical (unpaired) electrons. The molecule has 264 valence electrons. The number of nitrogens with two attached hydrogens (primary N) is 1. The van der Waals surface area contributed by atoms with Crippen LogP contribution in [0.1, 0.15) is 73.9 Å². The number of hydrogen-bond acceptors (Lipinski definition) is 10. The third kappa shape index (κ3) is 13.9. The minimum Gasteiger partial charge on any atom is -0.466 e. The molecule has 1 aromatic carbocycles. The van der Waals surface area contributed by atoms with Gasteiger partial charge in [0.05, 0.1) is 25.0 Å². The van der Waals surface area contributed by atoms with Crippen LogP contribution in [0.15, 0.2) is 30.3 Å². The van der Waals surface area contributed by atoms with Crippen molar-refractivity contribution in [3.63, 3.8) is 0 Å². The molecule has 2 aliphatic rings. The van der Waals surface area contributed by atoms with Gasteiger partial charge in [0.2, 0.25) is 0 Å². The zero-order chi connectivity index (χ0) is 33.2. The van der Waals surface area contributed by atoms with E-state index in [9.17, 15) is 19.2 Å². The quantitative estimate of drug-likeness (QED) is 0.304. The number of nitrogens with one attached hydrogen (secondary N) is 1. The molecule has 0 bridgehead atoms. The molecule has 3 N–H and O–H groups in total. The number of esters is 2. The molecule has 2 saturated heterocycles. The van der Waals surface area contributed by atoms with E-state index in [0.29, 0.717) is 32.8 Å². The Kier molecular flexibility index (Phi) is 18.0. The van der Waals surface area contributed by atoms with Crippen LogP contribution in [0.25, 0.3) is 0 Å². The lowest BCUT2D eigenvalue weighted by atomic mass is 10.0. The third-order valence-corrected chi connectivity index (χ3v) is 6.93. The molecule has 2 aliphatic heterocycles. The van der Waals surface area contributed by atoms with Crippen LogP contribution in [-0.2, 0) is 28.5 Å². The van der Waals surface area contributed by atoms with Gasteiger partial charge in [0.25, 0.3) is 0 Å². The van der Waals surface area contributed by atoms with Crippen LogP contribution < -0.4 is 11.1 Å². The molecular formula is C32H54Cl2N4O8. The van der Waals surface area contributed by atoms with Crippen molar-refractivity contribution in [2.45, 2.75) is 91.6 Å². The van der Waals surface area contributed by atoms with Crippen molar-refractivity contribution in [3.05, 3.63) is 35.9 Å². The highest BCUT2D eigenvalue weighted by molar-refractivity contribution is 5.85. The fraction of sp³-hybridized carbons (Fsp3) is 0.688. The molecule has 3 rings (SSSR count). The van der Waals surface area contributed by atoms with E-state index in [0.717, 1.165) is 5.56 Å². The van der Waals surface area contributed by atoms with Gasteiger partial charge in [-0.2, -0.15) is 0 Å². The normalized spacial score (nSPS) is 21.4. The van der Waals surface area contributed by atoms with Crippen LogP contribution in [0.2, 0.25) is 0 Å². The Morgan fingerprint density at radius 3 is 1.67 bits per heavy atom. The second-order valence-electron chi connectivity index (χ2n) is 13.1. The van der Waals surface area contributed by atoms with Gasteiger partial charge < -0.3 is 39.8 Å². The Balaban J connectivity index is 0.000000897. The van der Waals surface area contributed by atoms with Crippen LogP contribution in [0.3, 0.4) is 0 Å². The summed E-state index contributed by atoms with van der Waals surface area (Å²) in [7, 11) is 0. The third-order valence-electron chi connectivity index (χ3n) is 6.93. The maximum atomic E-state index is 12.4. The Morgan fingerprint density at radius 1 is 0.783 bits per heavy atom. The minimum absolute atomic E-state index is 0. The molecule has 12 nitrogen and oxygen atoms in total. The average Bonchev–Trinajstić information content (AvgIpc) is 3.52. The molecular weight excluding hydrogens is 639 g/mol. The lowest BCUT2D eigenvalue weighted by molar-refractivity contribution is -0.149. The van der Waals surface area contributed by atoms with Crippen molar-refractivity contribution in [1.29, 1.82) is 0 Å². The predicted molar refractivity (Wildman–Crippen MR) is 180 cm³/mol. The summed E-state index contributed by atoms with van der Waals surface area (Å²) in [5.41, 5.74) is 5.86. The summed E-state index contributed by atoms with van der Waals surface area (Å²) in [6, 6.07) is 9.49. The van der Waals surface area contributed by atoms with Crippen molar-refractivity contribution in [1.82, 2.24) is 15.1 Å². The van der Waals surface area contributed by atoms with Gasteiger partial charge in [-0.15, -0.1) is 24.8 Å². The highest BCUT2D eigenvalue weighted by atomic mass is 35.5. The predicted octanol–water partition coefficient (Wildman–Crippen LogP) is 4.72. The Labute approximate surface area is 286 Å². The molecule has 2 amide bonds. The first-order valence-electron chi connectivity index (χ1n) is 15.3. The van der Waals surface area contributed by atoms with Crippen LogP contribution in [0.4, 0.5) is 9.59 Å². The molecule has 0 spiro atoms. The monoisotopic (exact) mass is 692 g/mol. The van der Waals surface area contributed by atoms with Gasteiger partial charge in [0.1, 0.15) is 11.2 Å². The second kappa shape index (κ2) is 19.1. The van der Waals surface area contributed by atoms with Gasteiger partial charge in [-0.3, -0.25) is 9.59 Å². The molecule has 2 fully saturated rings. The first-order valence-corrected chi connectivity index (χ1v) is 15.3. The Hall–Kier alpha value is -2.80. The van der Waals surface area contributed by atoms with E-state index >= 15 is 0 Å². The van der Waals surface area contributed by atoms with Gasteiger partial charge in [-0.1, -0.05) is 30.3 Å². The minimum atomic E-state index is -0.570. The Morgan fingerprint density at radius 2 is 1.22 bits per heavy atom. The number of hydrogen-bond donors (Lipinski definition) is 2. The van der Waals surface area contributed by atoms with Gasteiger partial charge >= 0.3 is 24.1 Å². The smallest absolute Gasteiger partial charge is 0.410 e. The lowest BCUT2D eigenvalue weighted by Gasteiger charge is -2.25. The number of ether oxygens (including phenoxy) is 4. The van der Waals surface area contributed by atoms with Crippen LogP contribution in [0, 0.1) is 11.8 Å². The first-order chi connectivity index (χ1) is 20.5. The van der Waals surface area contributed by atoms with E-state index in [-0.39, 0.29) is 55.4 Å². The standard InChI is InChI=1S/C20H30N2O4.C12H22N2O4.2ClH/c1-6-25-18(23)16-12-22(19(24)26-20(3,4)5)13-17(16)21-14(2)15-10-8-7-9-11-15;1-5-17-10(15)8-6-14(7-9(8)13)11(16)18-12(2,3)4;;/h7-11,14,16-17,21H,6,12-13H2,1-5H3;8-9H,5-7,13H2,1-4H3;2*1H/t14-,16+,17-;8-,9-;;/m00../s1. The molecule has 5 atom stereocenters. The van der Waals surface area contributed by atoms with Crippen LogP contribution in [0.5, 0.6) is 0 Å². The topological polar surface area (TPSA) is 150 Å². The maximum Gasteiger partial charge on any atom is 0.410 e. The summed E-state index contributed by atoms with van der Waals surface area (Å²) in [4.78, 5) is 51.3. The molecule has 46 heavy (non-hydrogen) atoms. The van der Waals surface area contributed by atoms with E-state index in [4.69, 9.17) is 24.7 Å². The van der Waals surface area contributed by atoms with Gasteiger partial charge in [0.15, 0.2) is 0 Å². The van der Waals surface area contributed by atoms with Crippen molar-refractivity contribution in [3.8, 4) is 0 Å². The molecule has 14 heteroatoms. The number of carbonyl (C=O) groups excluding carboxylic acids is 4. The summed E-state index contributed by atoms with van der Waals surface area (Å²) in [5, 5.41) is 3.48. The van der Waals surface area contributed by atoms with Crippen molar-refractivity contribution < 1.29 is 38.1 Å². The highest BCUT2D eigenvalue weighted by Crippen LogP contribution is 2.25. The molecule has 2 heterocycles. The van der Waals surface area contributed by atoms with E-state index in [1.807, 2.05) is 58.0 Å². The zero-order valence-electron chi connectivity index (χ0n) is 28.6. The number of likely N-dealkylation sites (tertiary alicyclic amines) is 2. The fourth-order valence-corrected chi connectivity index (χ4v) is 4.90. The number of benzene rings is 1. The molecule has 1 aromatic rings. The van der Waals surface area contributed by atoms with E-state index < -0.39 is 41.3 Å². The average molecular weight is 694 g/mol. The summed E-state index contributed by atoms with van der Waals surface area (Å²) in [5.74, 6) is -1.50. The first kappa shape index (κ1) is 43.2. The molecule has 0 saturated carbocycles. The largest absolute Gasteiger partial charge is 0.466 e. The van der Waals surface area contributed by atoms with Crippen molar-refractivity contribution in [2.24, 2.45) is 17.6 Å².